The average Bonchev–Trinajstić information content (AvgIpc) is 2.87. The third kappa shape index (κ3) is 2.37. The van der Waals surface area contributed by atoms with E-state index in [0.29, 0.717) is 22.7 Å². The summed E-state index contributed by atoms with van der Waals surface area (Å²) < 4.78 is 1.14. The Morgan fingerprint density at radius 2 is 2.18 bits per heavy atom. The molecule has 6 nitrogen and oxygen atoms in total. The molecule has 2 heterocycles. The Balaban J connectivity index is 2.13. The summed E-state index contributed by atoms with van der Waals surface area (Å²) in [5.41, 5.74) is 2.12. The van der Waals surface area contributed by atoms with Crippen LogP contribution in [0.1, 0.15) is 27.2 Å². The van der Waals surface area contributed by atoms with Gasteiger partial charge in [0.05, 0.1) is 6.20 Å². The molecule has 0 aliphatic heterocycles. The maximum absolute atomic E-state index is 11.1. The normalized spacial score (nSPS) is 11.0. The fraction of sp³-hybridized carbons (Fsp3) is 0.133. The van der Waals surface area contributed by atoms with E-state index in [1.54, 1.807) is 19.1 Å². The van der Waals surface area contributed by atoms with Gasteiger partial charge >= 0.3 is 5.97 Å². The van der Waals surface area contributed by atoms with Crippen molar-refractivity contribution in [2.45, 2.75) is 13.3 Å². The number of carboxylic acids is 1. The summed E-state index contributed by atoms with van der Waals surface area (Å²) in [6.45, 7) is 1.72. The summed E-state index contributed by atoms with van der Waals surface area (Å²) in [5.74, 6) is -1.25. The van der Waals surface area contributed by atoms with Crippen molar-refractivity contribution in [3.8, 4) is 5.88 Å². The molecule has 7 heteroatoms. The fourth-order valence-electron chi connectivity index (χ4n) is 2.33. The van der Waals surface area contributed by atoms with Crippen LogP contribution >= 0.6 is 11.6 Å². The van der Waals surface area contributed by atoms with Gasteiger partial charge in [-0.1, -0.05) is 23.7 Å². The fourth-order valence-corrected chi connectivity index (χ4v) is 2.54. The molecule has 0 saturated carbocycles. The van der Waals surface area contributed by atoms with Gasteiger partial charge in [0.1, 0.15) is 5.56 Å². The Bertz CT molecular complexity index is 889. The number of nitrogens with zero attached hydrogens (tertiary/aromatic N) is 3. The van der Waals surface area contributed by atoms with Gasteiger partial charge in [0.2, 0.25) is 5.88 Å². The van der Waals surface area contributed by atoms with Gasteiger partial charge in [0.15, 0.2) is 5.65 Å². The lowest BCUT2D eigenvalue weighted by Gasteiger charge is -2.10. The van der Waals surface area contributed by atoms with Crippen molar-refractivity contribution < 1.29 is 15.0 Å². The number of benzene rings is 1. The van der Waals surface area contributed by atoms with Gasteiger partial charge in [-0.15, -0.1) is 0 Å². The topological polar surface area (TPSA) is 87.7 Å². The minimum Gasteiger partial charge on any atom is -0.493 e. The van der Waals surface area contributed by atoms with Crippen LogP contribution < -0.4 is 0 Å². The van der Waals surface area contributed by atoms with Crippen LogP contribution in [0.15, 0.2) is 30.5 Å². The number of carbonyl (C=O) groups is 1. The first-order valence-electron chi connectivity index (χ1n) is 6.51. The van der Waals surface area contributed by atoms with E-state index in [1.165, 1.54) is 6.20 Å². The first-order valence-corrected chi connectivity index (χ1v) is 6.89. The monoisotopic (exact) mass is 317 g/mol. The first kappa shape index (κ1) is 14.3. The van der Waals surface area contributed by atoms with Crippen LogP contribution in [0, 0.1) is 6.92 Å². The number of aryl methyl sites for hydroxylation is 1. The molecule has 0 atom stereocenters. The highest BCUT2D eigenvalue weighted by Crippen LogP contribution is 2.26. The molecule has 1 aromatic carbocycles. The summed E-state index contributed by atoms with van der Waals surface area (Å²) in [4.78, 5) is 15.4. The summed E-state index contributed by atoms with van der Waals surface area (Å²) in [6.07, 6.45) is 1.59. The highest BCUT2D eigenvalue weighted by Gasteiger charge is 2.19. The molecule has 0 aliphatic rings. The molecule has 0 spiro atoms. The highest BCUT2D eigenvalue weighted by molar-refractivity contribution is 6.30. The zero-order valence-corrected chi connectivity index (χ0v) is 12.4. The second-order valence-corrected chi connectivity index (χ2v) is 5.34. The zero-order valence-electron chi connectivity index (χ0n) is 11.6. The molecule has 3 aromatic rings. The van der Waals surface area contributed by atoms with Crippen molar-refractivity contribution in [1.29, 1.82) is 0 Å². The Hall–Kier alpha value is -2.60. The SMILES string of the molecule is Cc1nc2c(C(=O)O)cnn2c(O)c1Cc1cccc(Cl)c1. The van der Waals surface area contributed by atoms with Gasteiger partial charge in [-0.05, 0) is 24.6 Å². The number of aromatic nitrogens is 3. The van der Waals surface area contributed by atoms with Gasteiger partial charge in [-0.2, -0.15) is 9.61 Å². The van der Waals surface area contributed by atoms with E-state index in [4.69, 9.17) is 16.7 Å². The lowest BCUT2D eigenvalue weighted by molar-refractivity contribution is 0.0699. The number of aromatic carboxylic acids is 1. The highest BCUT2D eigenvalue weighted by atomic mass is 35.5. The van der Waals surface area contributed by atoms with Crippen molar-refractivity contribution in [2.24, 2.45) is 0 Å². The van der Waals surface area contributed by atoms with Crippen molar-refractivity contribution in [3.05, 3.63) is 57.9 Å². The third-order valence-electron chi connectivity index (χ3n) is 3.43. The number of fused-ring (bicyclic) bond motifs is 1. The number of carboxylic acid groups (broad SMARTS) is 1. The molecule has 0 unspecified atom stereocenters. The second kappa shape index (κ2) is 5.31. The van der Waals surface area contributed by atoms with Crippen molar-refractivity contribution >= 4 is 23.2 Å². The summed E-state index contributed by atoms with van der Waals surface area (Å²) in [5, 5.41) is 24.0. The zero-order chi connectivity index (χ0) is 15.9. The van der Waals surface area contributed by atoms with E-state index >= 15 is 0 Å². The molecule has 0 saturated heterocycles. The van der Waals surface area contributed by atoms with E-state index < -0.39 is 5.97 Å². The van der Waals surface area contributed by atoms with E-state index in [9.17, 15) is 9.90 Å². The molecule has 0 amide bonds. The minimum absolute atomic E-state index is 0.0484. The summed E-state index contributed by atoms with van der Waals surface area (Å²) >= 11 is 5.96. The van der Waals surface area contributed by atoms with Crippen molar-refractivity contribution in [2.75, 3.05) is 0 Å². The standard InChI is InChI=1S/C15H12ClN3O3/c1-8-11(6-9-3-2-4-10(16)5-9)14(20)19-13(18-8)12(7-17-19)15(21)22/h2-5,7,20H,6H2,1H3,(H,21,22). The van der Waals surface area contributed by atoms with Crippen LogP contribution in [-0.4, -0.2) is 30.8 Å². The molecule has 0 aliphatic carbocycles. The Morgan fingerprint density at radius 3 is 2.86 bits per heavy atom. The van der Waals surface area contributed by atoms with Crippen LogP contribution in [-0.2, 0) is 6.42 Å². The third-order valence-corrected chi connectivity index (χ3v) is 3.66. The molecule has 112 valence electrons. The number of halogens is 1. The Morgan fingerprint density at radius 1 is 1.41 bits per heavy atom. The van der Waals surface area contributed by atoms with Gasteiger partial charge in [0, 0.05) is 22.7 Å². The minimum atomic E-state index is -1.14. The van der Waals surface area contributed by atoms with Crippen molar-refractivity contribution in [3.63, 3.8) is 0 Å². The molecular weight excluding hydrogens is 306 g/mol. The number of rotatable bonds is 3. The van der Waals surface area contributed by atoms with E-state index in [1.807, 2.05) is 12.1 Å². The molecule has 3 rings (SSSR count). The lowest BCUT2D eigenvalue weighted by Crippen LogP contribution is -2.04. The molecular formula is C15H12ClN3O3. The predicted molar refractivity (Wildman–Crippen MR) is 80.6 cm³/mol. The molecule has 0 radical (unpaired) electrons. The number of hydrogen-bond acceptors (Lipinski definition) is 4. The van der Waals surface area contributed by atoms with Crippen molar-refractivity contribution in [1.82, 2.24) is 14.6 Å². The van der Waals surface area contributed by atoms with Gasteiger partial charge in [0.25, 0.3) is 0 Å². The number of hydrogen-bond donors (Lipinski definition) is 2. The van der Waals surface area contributed by atoms with Gasteiger partial charge < -0.3 is 10.2 Å². The van der Waals surface area contributed by atoms with E-state index in [2.05, 4.69) is 10.1 Å². The number of aromatic hydroxyl groups is 1. The molecule has 0 fully saturated rings. The van der Waals surface area contributed by atoms with E-state index in [-0.39, 0.29) is 17.1 Å². The Labute approximate surface area is 130 Å². The summed E-state index contributed by atoms with van der Waals surface area (Å²) in [7, 11) is 0. The van der Waals surface area contributed by atoms with Gasteiger partial charge in [-0.3, -0.25) is 0 Å². The summed E-state index contributed by atoms with van der Waals surface area (Å²) in [6, 6.07) is 7.29. The first-order chi connectivity index (χ1) is 10.5. The molecule has 2 aromatic heterocycles. The smallest absolute Gasteiger partial charge is 0.341 e. The second-order valence-electron chi connectivity index (χ2n) is 4.90. The van der Waals surface area contributed by atoms with Crippen LogP contribution in [0.4, 0.5) is 0 Å². The Kier molecular flexibility index (Phi) is 3.46. The lowest BCUT2D eigenvalue weighted by atomic mass is 10.0. The van der Waals surface area contributed by atoms with Crippen LogP contribution in [0.3, 0.4) is 0 Å². The largest absolute Gasteiger partial charge is 0.493 e. The predicted octanol–water partition coefficient (Wildman–Crippen LogP) is 2.69. The average molecular weight is 318 g/mol. The molecule has 0 bridgehead atoms. The molecule has 2 N–H and O–H groups in total. The quantitative estimate of drug-likeness (QED) is 0.775. The van der Waals surface area contributed by atoms with Crippen LogP contribution in [0.25, 0.3) is 5.65 Å². The van der Waals surface area contributed by atoms with Gasteiger partial charge in [-0.25, -0.2) is 9.78 Å². The van der Waals surface area contributed by atoms with E-state index in [0.717, 1.165) is 10.1 Å². The maximum Gasteiger partial charge on any atom is 0.341 e. The maximum atomic E-state index is 11.1. The molecule has 22 heavy (non-hydrogen) atoms. The van der Waals surface area contributed by atoms with Crippen LogP contribution in [0.5, 0.6) is 5.88 Å². The van der Waals surface area contributed by atoms with Crippen LogP contribution in [0.2, 0.25) is 5.02 Å².